The number of aryl methyl sites for hydroxylation is 1. The van der Waals surface area contributed by atoms with Gasteiger partial charge in [0.1, 0.15) is 29.5 Å². The number of fused-ring (bicyclic) bond motifs is 1. The predicted octanol–water partition coefficient (Wildman–Crippen LogP) is 5.23. The van der Waals surface area contributed by atoms with Gasteiger partial charge >= 0.3 is 6.03 Å². The molecule has 0 radical (unpaired) electrons. The fourth-order valence-electron chi connectivity index (χ4n) is 6.20. The van der Waals surface area contributed by atoms with Crippen molar-refractivity contribution in [2.45, 2.75) is 31.7 Å². The Hall–Kier alpha value is -5.83. The lowest BCUT2D eigenvalue weighted by Crippen LogP contribution is -2.53. The Morgan fingerprint density at radius 2 is 1.82 bits per heavy atom. The van der Waals surface area contributed by atoms with Crippen molar-refractivity contribution in [1.29, 1.82) is 0 Å². The summed E-state index contributed by atoms with van der Waals surface area (Å²) in [5.74, 6) is -1.15. The zero-order chi connectivity index (χ0) is 34.4. The van der Waals surface area contributed by atoms with E-state index in [0.717, 1.165) is 4.90 Å². The number of ether oxygens (including phenoxy) is 2. The average Bonchev–Trinajstić information content (AvgIpc) is 3.74. The summed E-state index contributed by atoms with van der Waals surface area (Å²) >= 11 is 0. The molecule has 0 bridgehead atoms. The fraction of sp³-hybridized carbons (Fsp3) is 0.235. The number of amides is 3. The highest BCUT2D eigenvalue weighted by Gasteiger charge is 2.52. The highest BCUT2D eigenvalue weighted by Crippen LogP contribution is 2.39. The third-order valence-electron chi connectivity index (χ3n) is 8.68. The summed E-state index contributed by atoms with van der Waals surface area (Å²) in [5.41, 5.74) is 7.03. The van der Waals surface area contributed by atoms with Crippen molar-refractivity contribution in [2.75, 3.05) is 30.3 Å². The second-order valence-electron chi connectivity index (χ2n) is 11.9. The van der Waals surface area contributed by atoms with Gasteiger partial charge in [0.05, 0.1) is 28.8 Å². The van der Waals surface area contributed by atoms with E-state index in [1.807, 2.05) is 0 Å². The molecule has 0 atom stereocenters. The van der Waals surface area contributed by atoms with Crippen LogP contribution in [-0.2, 0) is 4.79 Å². The van der Waals surface area contributed by atoms with Gasteiger partial charge in [-0.3, -0.25) is 9.59 Å². The standard InChI is InChI=1S/C34H30F3N7O5/c1-18-12-20(49-27-5-3-2-4-22(27)35)6-7-25(18)44-31(38)21(16-40-44)30(45)24-13-19-14-28(48-17-29(36)37)26(15-23(19)41-24)43-32(46)34(42-33(43)47)8-10-39-11-9-34/h2-7,12-16,29,39,41H,8-11,17,38H2,1H3,(H,42,47). The molecular weight excluding hydrogens is 643 g/mol. The molecule has 7 rings (SSSR count). The van der Waals surface area contributed by atoms with Crippen molar-refractivity contribution in [3.63, 3.8) is 0 Å². The highest BCUT2D eigenvalue weighted by molar-refractivity contribution is 6.24. The minimum Gasteiger partial charge on any atom is -0.485 e. The van der Waals surface area contributed by atoms with Crippen molar-refractivity contribution < 1.29 is 37.0 Å². The smallest absolute Gasteiger partial charge is 0.329 e. The Morgan fingerprint density at radius 1 is 1.04 bits per heavy atom. The largest absolute Gasteiger partial charge is 0.485 e. The SMILES string of the molecule is Cc1cc(Oc2ccccc2F)ccc1-n1ncc(C(=O)c2cc3cc(OCC(F)F)c(N4C(=O)NC5(CCNCC5)C4=O)cc3[nH]2)c1N. The van der Waals surface area contributed by atoms with Crippen LogP contribution < -0.4 is 30.7 Å². The molecule has 252 valence electrons. The number of piperidine rings is 1. The summed E-state index contributed by atoms with van der Waals surface area (Å²) in [7, 11) is 0. The lowest BCUT2D eigenvalue weighted by molar-refractivity contribution is -0.123. The molecule has 15 heteroatoms. The lowest BCUT2D eigenvalue weighted by atomic mass is 9.88. The number of aromatic amines is 1. The number of halogens is 3. The Morgan fingerprint density at radius 3 is 2.55 bits per heavy atom. The van der Waals surface area contributed by atoms with Crippen LogP contribution in [0.25, 0.3) is 16.6 Å². The minimum absolute atomic E-state index is 0.0304. The molecule has 5 aromatic rings. The molecule has 2 aromatic heterocycles. The van der Waals surface area contributed by atoms with Crippen LogP contribution in [0.2, 0.25) is 0 Å². The van der Waals surface area contributed by atoms with Crippen LogP contribution >= 0.6 is 0 Å². The number of imide groups is 1. The molecule has 4 heterocycles. The van der Waals surface area contributed by atoms with Gasteiger partial charge < -0.3 is 30.8 Å². The topological polar surface area (TPSA) is 157 Å². The Labute approximate surface area is 277 Å². The molecule has 2 aliphatic heterocycles. The Balaban J connectivity index is 1.19. The second kappa shape index (κ2) is 12.3. The maximum atomic E-state index is 14.1. The molecule has 3 aromatic carbocycles. The first kappa shape index (κ1) is 31.8. The third-order valence-corrected chi connectivity index (χ3v) is 8.68. The number of nitrogens with one attached hydrogen (secondary N) is 3. The maximum absolute atomic E-state index is 14.1. The van der Waals surface area contributed by atoms with Gasteiger partial charge in [0.15, 0.2) is 11.6 Å². The van der Waals surface area contributed by atoms with E-state index in [1.165, 1.54) is 41.2 Å². The molecule has 2 fully saturated rings. The summed E-state index contributed by atoms with van der Waals surface area (Å²) in [6, 6.07) is 14.6. The summed E-state index contributed by atoms with van der Waals surface area (Å²) < 4.78 is 52.9. The van der Waals surface area contributed by atoms with Crippen molar-refractivity contribution in [2.24, 2.45) is 0 Å². The number of carbonyl (C=O) groups is 3. The number of alkyl halides is 2. The highest BCUT2D eigenvalue weighted by atomic mass is 19.3. The molecule has 2 aliphatic rings. The first-order valence-corrected chi connectivity index (χ1v) is 15.4. The number of nitrogen functional groups attached to an aromatic ring is 1. The summed E-state index contributed by atoms with van der Waals surface area (Å²) in [4.78, 5) is 44.4. The summed E-state index contributed by atoms with van der Waals surface area (Å²) in [6.07, 6.45) is -0.763. The molecule has 2 saturated heterocycles. The Bertz CT molecular complexity index is 2120. The number of para-hydroxylation sites is 1. The number of aromatic nitrogens is 3. The number of rotatable bonds is 9. The molecule has 1 spiro atoms. The molecule has 0 saturated carbocycles. The van der Waals surface area contributed by atoms with Gasteiger partial charge in [0, 0.05) is 10.9 Å². The lowest BCUT2D eigenvalue weighted by Gasteiger charge is -2.31. The van der Waals surface area contributed by atoms with Gasteiger partial charge in [0.2, 0.25) is 5.78 Å². The van der Waals surface area contributed by atoms with E-state index < -0.39 is 42.1 Å². The van der Waals surface area contributed by atoms with E-state index in [2.05, 4.69) is 20.7 Å². The van der Waals surface area contributed by atoms with Crippen molar-refractivity contribution in [1.82, 2.24) is 25.4 Å². The van der Waals surface area contributed by atoms with Crippen LogP contribution in [0.4, 0.5) is 29.5 Å². The molecule has 0 unspecified atom stereocenters. The molecule has 3 amide bonds. The molecule has 12 nitrogen and oxygen atoms in total. The van der Waals surface area contributed by atoms with Crippen LogP contribution in [0.5, 0.6) is 17.2 Å². The van der Waals surface area contributed by atoms with E-state index in [1.54, 1.807) is 37.3 Å². The average molecular weight is 674 g/mol. The van der Waals surface area contributed by atoms with E-state index in [4.69, 9.17) is 15.2 Å². The second-order valence-corrected chi connectivity index (χ2v) is 11.9. The van der Waals surface area contributed by atoms with Crippen LogP contribution in [-0.4, -0.2) is 64.1 Å². The quantitative estimate of drug-likeness (QED) is 0.122. The number of H-pyrrole nitrogens is 1. The number of ketones is 1. The zero-order valence-corrected chi connectivity index (χ0v) is 26.1. The van der Waals surface area contributed by atoms with Gasteiger partial charge in [-0.2, -0.15) is 5.10 Å². The van der Waals surface area contributed by atoms with Crippen LogP contribution in [0.1, 0.15) is 34.5 Å². The monoisotopic (exact) mass is 673 g/mol. The minimum atomic E-state index is -2.82. The van der Waals surface area contributed by atoms with E-state index in [9.17, 15) is 27.6 Å². The van der Waals surface area contributed by atoms with Gasteiger partial charge in [-0.1, -0.05) is 12.1 Å². The first-order valence-electron chi connectivity index (χ1n) is 15.4. The van der Waals surface area contributed by atoms with E-state index in [-0.39, 0.29) is 34.3 Å². The molecular formula is C34H30F3N7O5. The van der Waals surface area contributed by atoms with Gasteiger partial charge in [-0.05, 0) is 86.9 Å². The van der Waals surface area contributed by atoms with E-state index >= 15 is 0 Å². The van der Waals surface area contributed by atoms with Crippen molar-refractivity contribution >= 4 is 40.1 Å². The molecule has 0 aliphatic carbocycles. The number of nitrogens with zero attached hydrogens (tertiary/aromatic N) is 3. The van der Waals surface area contributed by atoms with Crippen molar-refractivity contribution in [3.05, 3.63) is 89.5 Å². The summed E-state index contributed by atoms with van der Waals surface area (Å²) in [6.45, 7) is 1.85. The number of benzene rings is 3. The number of hydrogen-bond acceptors (Lipinski definition) is 8. The zero-order valence-electron chi connectivity index (χ0n) is 26.1. The Kier molecular flexibility index (Phi) is 7.98. The van der Waals surface area contributed by atoms with E-state index in [0.29, 0.717) is 53.8 Å². The number of anilines is 2. The maximum Gasteiger partial charge on any atom is 0.329 e. The summed E-state index contributed by atoms with van der Waals surface area (Å²) in [5, 5.41) is 10.7. The van der Waals surface area contributed by atoms with Gasteiger partial charge in [-0.15, -0.1) is 0 Å². The van der Waals surface area contributed by atoms with Crippen LogP contribution in [0.15, 0.2) is 66.9 Å². The fourth-order valence-corrected chi connectivity index (χ4v) is 6.20. The van der Waals surface area contributed by atoms with Crippen LogP contribution in [0, 0.1) is 12.7 Å². The third kappa shape index (κ3) is 5.71. The normalized spacial score (nSPS) is 15.7. The molecule has 5 N–H and O–H groups in total. The van der Waals surface area contributed by atoms with Crippen LogP contribution in [0.3, 0.4) is 0 Å². The molecule has 49 heavy (non-hydrogen) atoms. The number of hydrogen-bond donors (Lipinski definition) is 4. The number of nitrogens with two attached hydrogens (primary N) is 1. The van der Waals surface area contributed by atoms with Crippen molar-refractivity contribution in [3.8, 4) is 22.9 Å². The number of carbonyl (C=O) groups excluding carboxylic acids is 3. The van der Waals surface area contributed by atoms with Gasteiger partial charge in [-0.25, -0.2) is 27.5 Å². The van der Waals surface area contributed by atoms with Gasteiger partial charge in [0.25, 0.3) is 12.3 Å². The predicted molar refractivity (Wildman–Crippen MR) is 173 cm³/mol. The number of urea groups is 1. The first-order chi connectivity index (χ1) is 23.5.